The van der Waals surface area contributed by atoms with E-state index in [-0.39, 0.29) is 11.8 Å². The van der Waals surface area contributed by atoms with Crippen molar-refractivity contribution in [3.8, 4) is 11.4 Å². The van der Waals surface area contributed by atoms with Crippen LogP contribution in [0.5, 0.6) is 0 Å². The number of benzene rings is 2. The maximum Gasteiger partial charge on any atom is 0.274 e. The molecule has 5 rings (SSSR count). The molecule has 4 aromatic rings. The smallest absolute Gasteiger partial charge is 0.274 e. The molecule has 9 heteroatoms. The summed E-state index contributed by atoms with van der Waals surface area (Å²) < 4.78 is 10.7. The van der Waals surface area contributed by atoms with Gasteiger partial charge in [0.1, 0.15) is 5.69 Å². The highest BCUT2D eigenvalue weighted by molar-refractivity contribution is 7.13. The second-order valence-electron chi connectivity index (χ2n) is 8.08. The first-order valence-corrected chi connectivity index (χ1v) is 11.7. The molecule has 1 aliphatic rings. The molecule has 0 unspecified atom stereocenters. The standard InChI is InChI=1S/C24H23N5O3S/c1-16-6-8-17(9-7-16)23-25-20(32-26-23)10-11-21(30)28-12-14-29(15-13-28)24(31)22-18-4-2-3-5-19(18)33-27-22/h2-9H,10-15H2,1H3. The van der Waals surface area contributed by atoms with E-state index in [2.05, 4.69) is 14.5 Å². The lowest BCUT2D eigenvalue weighted by Crippen LogP contribution is -2.50. The van der Waals surface area contributed by atoms with Crippen LogP contribution in [0.2, 0.25) is 0 Å². The fourth-order valence-electron chi connectivity index (χ4n) is 3.90. The molecule has 1 aliphatic heterocycles. The highest BCUT2D eigenvalue weighted by Gasteiger charge is 2.27. The van der Waals surface area contributed by atoms with Gasteiger partial charge in [0.2, 0.25) is 17.6 Å². The minimum atomic E-state index is -0.0750. The van der Waals surface area contributed by atoms with Gasteiger partial charge in [-0.2, -0.15) is 9.36 Å². The minimum Gasteiger partial charge on any atom is -0.339 e. The Bertz CT molecular complexity index is 1290. The van der Waals surface area contributed by atoms with Crippen molar-refractivity contribution in [1.82, 2.24) is 24.3 Å². The van der Waals surface area contributed by atoms with Crippen LogP contribution < -0.4 is 0 Å². The van der Waals surface area contributed by atoms with Gasteiger partial charge in [0, 0.05) is 50.0 Å². The van der Waals surface area contributed by atoms with Crippen LogP contribution in [0.3, 0.4) is 0 Å². The Kier molecular flexibility index (Phi) is 5.87. The number of fused-ring (bicyclic) bond motifs is 1. The summed E-state index contributed by atoms with van der Waals surface area (Å²) in [5.74, 6) is 0.924. The van der Waals surface area contributed by atoms with Crippen LogP contribution in [0, 0.1) is 6.92 Å². The normalized spacial score (nSPS) is 14.1. The third-order valence-electron chi connectivity index (χ3n) is 5.83. The Morgan fingerprint density at radius 3 is 2.52 bits per heavy atom. The Morgan fingerprint density at radius 2 is 1.73 bits per heavy atom. The number of piperazine rings is 1. The van der Waals surface area contributed by atoms with Crippen molar-refractivity contribution in [3.63, 3.8) is 0 Å². The fourth-order valence-corrected chi connectivity index (χ4v) is 4.67. The lowest BCUT2D eigenvalue weighted by Gasteiger charge is -2.34. The largest absolute Gasteiger partial charge is 0.339 e. The summed E-state index contributed by atoms with van der Waals surface area (Å²) in [5.41, 5.74) is 2.54. The second-order valence-corrected chi connectivity index (χ2v) is 8.88. The third-order valence-corrected chi connectivity index (χ3v) is 6.66. The molecule has 1 fully saturated rings. The van der Waals surface area contributed by atoms with Crippen molar-refractivity contribution in [1.29, 1.82) is 0 Å². The lowest BCUT2D eigenvalue weighted by atomic mass is 10.1. The molecule has 8 nitrogen and oxygen atoms in total. The summed E-state index contributed by atoms with van der Waals surface area (Å²) in [7, 11) is 0. The van der Waals surface area contributed by atoms with Crippen LogP contribution in [-0.4, -0.2) is 62.3 Å². The van der Waals surface area contributed by atoms with Crippen molar-refractivity contribution in [3.05, 3.63) is 65.7 Å². The lowest BCUT2D eigenvalue weighted by molar-refractivity contribution is -0.132. The summed E-state index contributed by atoms with van der Waals surface area (Å²) in [6, 6.07) is 15.6. The van der Waals surface area contributed by atoms with Gasteiger partial charge in [0.15, 0.2) is 0 Å². The number of hydrogen-bond donors (Lipinski definition) is 0. The van der Waals surface area contributed by atoms with E-state index in [1.807, 2.05) is 55.5 Å². The van der Waals surface area contributed by atoms with Crippen LogP contribution in [-0.2, 0) is 11.2 Å². The van der Waals surface area contributed by atoms with Gasteiger partial charge in [0.05, 0.1) is 4.70 Å². The summed E-state index contributed by atoms with van der Waals surface area (Å²) in [6.07, 6.45) is 0.682. The van der Waals surface area contributed by atoms with Gasteiger partial charge in [-0.1, -0.05) is 53.2 Å². The molecule has 0 spiro atoms. The molecule has 2 aromatic carbocycles. The zero-order chi connectivity index (χ0) is 22.8. The summed E-state index contributed by atoms with van der Waals surface area (Å²) >= 11 is 1.34. The molecule has 168 valence electrons. The van der Waals surface area contributed by atoms with E-state index >= 15 is 0 Å². The molecular weight excluding hydrogens is 438 g/mol. The first-order valence-electron chi connectivity index (χ1n) is 10.9. The third kappa shape index (κ3) is 4.49. The number of carbonyl (C=O) groups is 2. The second kappa shape index (κ2) is 9.11. The van der Waals surface area contributed by atoms with Crippen molar-refractivity contribution >= 4 is 33.4 Å². The molecule has 0 atom stereocenters. The van der Waals surface area contributed by atoms with Crippen LogP contribution in [0.15, 0.2) is 53.1 Å². The van der Waals surface area contributed by atoms with Crippen LogP contribution in [0.25, 0.3) is 21.5 Å². The summed E-state index contributed by atoms with van der Waals surface area (Å²) in [6.45, 7) is 4.02. The van der Waals surface area contributed by atoms with E-state index in [1.54, 1.807) is 9.80 Å². The summed E-state index contributed by atoms with van der Waals surface area (Å²) in [5, 5.41) is 4.91. The van der Waals surface area contributed by atoms with Crippen molar-refractivity contribution < 1.29 is 14.1 Å². The maximum absolute atomic E-state index is 12.9. The van der Waals surface area contributed by atoms with E-state index in [9.17, 15) is 9.59 Å². The zero-order valence-corrected chi connectivity index (χ0v) is 19.0. The van der Waals surface area contributed by atoms with Crippen molar-refractivity contribution in [2.75, 3.05) is 26.2 Å². The van der Waals surface area contributed by atoms with Gasteiger partial charge < -0.3 is 14.3 Å². The van der Waals surface area contributed by atoms with E-state index in [0.717, 1.165) is 21.2 Å². The predicted molar refractivity (Wildman–Crippen MR) is 125 cm³/mol. The first-order chi connectivity index (χ1) is 16.1. The average molecular weight is 462 g/mol. The molecular formula is C24H23N5O3S. The maximum atomic E-state index is 12.9. The number of aryl methyl sites for hydroxylation is 2. The number of aromatic nitrogens is 3. The van der Waals surface area contributed by atoms with Crippen molar-refractivity contribution in [2.24, 2.45) is 0 Å². The fraction of sp³-hybridized carbons (Fsp3) is 0.292. The minimum absolute atomic E-state index is 0.0243. The molecule has 0 saturated carbocycles. The topological polar surface area (TPSA) is 92.4 Å². The van der Waals surface area contributed by atoms with Gasteiger partial charge in [-0.3, -0.25) is 9.59 Å². The quantitative estimate of drug-likeness (QED) is 0.451. The zero-order valence-electron chi connectivity index (χ0n) is 18.2. The van der Waals surface area contributed by atoms with Gasteiger partial charge in [-0.15, -0.1) is 0 Å². The Morgan fingerprint density at radius 1 is 1.00 bits per heavy atom. The molecule has 0 bridgehead atoms. The molecule has 33 heavy (non-hydrogen) atoms. The van der Waals surface area contributed by atoms with Crippen LogP contribution >= 0.6 is 11.5 Å². The number of nitrogens with zero attached hydrogens (tertiary/aromatic N) is 5. The number of carbonyl (C=O) groups excluding carboxylic acids is 2. The molecule has 3 heterocycles. The van der Waals surface area contributed by atoms with E-state index in [1.165, 1.54) is 11.5 Å². The Hall–Kier alpha value is -3.59. The molecule has 1 saturated heterocycles. The Labute approximate surface area is 195 Å². The molecule has 2 aromatic heterocycles. The SMILES string of the molecule is Cc1ccc(-c2noc(CCC(=O)N3CCN(C(=O)c4nsc5ccccc45)CC3)n2)cc1. The first kappa shape index (κ1) is 21.3. The highest BCUT2D eigenvalue weighted by atomic mass is 32.1. The van der Waals surface area contributed by atoms with Gasteiger partial charge in [-0.05, 0) is 24.5 Å². The van der Waals surface area contributed by atoms with E-state index < -0.39 is 0 Å². The van der Waals surface area contributed by atoms with Gasteiger partial charge in [-0.25, -0.2) is 0 Å². The monoisotopic (exact) mass is 461 g/mol. The number of hydrogen-bond acceptors (Lipinski definition) is 7. The van der Waals surface area contributed by atoms with Gasteiger partial charge >= 0.3 is 0 Å². The number of amides is 2. The molecule has 2 amide bonds. The van der Waals surface area contributed by atoms with E-state index in [0.29, 0.717) is 56.4 Å². The summed E-state index contributed by atoms with van der Waals surface area (Å²) in [4.78, 5) is 33.6. The Balaban J connectivity index is 1.14. The highest BCUT2D eigenvalue weighted by Crippen LogP contribution is 2.24. The van der Waals surface area contributed by atoms with Crippen LogP contribution in [0.1, 0.15) is 28.4 Å². The van der Waals surface area contributed by atoms with Crippen molar-refractivity contribution in [2.45, 2.75) is 19.8 Å². The molecule has 0 radical (unpaired) electrons. The average Bonchev–Trinajstić information content (AvgIpc) is 3.50. The van der Waals surface area contributed by atoms with Crippen LogP contribution in [0.4, 0.5) is 0 Å². The van der Waals surface area contributed by atoms with Gasteiger partial charge in [0.25, 0.3) is 5.91 Å². The van der Waals surface area contributed by atoms with E-state index in [4.69, 9.17) is 4.52 Å². The number of rotatable bonds is 5. The molecule has 0 N–H and O–H groups in total. The molecule has 0 aliphatic carbocycles. The predicted octanol–water partition coefficient (Wildman–Crippen LogP) is 3.57.